The molecule has 0 aromatic rings. The summed E-state index contributed by atoms with van der Waals surface area (Å²) in [5.74, 6) is 3.14. The summed E-state index contributed by atoms with van der Waals surface area (Å²) >= 11 is 0. The maximum atomic E-state index is 14.3. The number of halogens is 1. The number of carboxylic acids is 1. The van der Waals surface area contributed by atoms with E-state index in [-0.39, 0.29) is 5.41 Å². The van der Waals surface area contributed by atoms with Gasteiger partial charge in [0.1, 0.15) is 6.17 Å². The second-order valence-electron chi connectivity index (χ2n) is 10.6. The third-order valence-corrected chi connectivity index (χ3v) is 9.69. The summed E-state index contributed by atoms with van der Waals surface area (Å²) in [6.07, 6.45) is 12.3. The van der Waals surface area contributed by atoms with Crippen LogP contribution in [0.4, 0.5) is 4.39 Å². The Morgan fingerprint density at radius 2 is 1.73 bits per heavy atom. The fraction of sp³-hybridized carbons (Fsp3) is 0.957. The zero-order chi connectivity index (χ0) is 18.5. The molecule has 0 saturated heterocycles. The SMILES string of the molecule is CC12CCC3C(CCC4CCC(F)CC43C)C1CCC2CCCC(=O)O. The van der Waals surface area contributed by atoms with Gasteiger partial charge in [-0.1, -0.05) is 13.8 Å². The van der Waals surface area contributed by atoms with Gasteiger partial charge in [0.2, 0.25) is 0 Å². The van der Waals surface area contributed by atoms with Crippen LogP contribution in [0.25, 0.3) is 0 Å². The van der Waals surface area contributed by atoms with Crippen LogP contribution in [-0.2, 0) is 4.79 Å². The predicted octanol–water partition coefficient (Wildman–Crippen LogP) is 6.24. The number of fused-ring (bicyclic) bond motifs is 5. The highest BCUT2D eigenvalue weighted by molar-refractivity contribution is 5.66. The highest BCUT2D eigenvalue weighted by Gasteiger charge is 2.60. The Balaban J connectivity index is 1.49. The van der Waals surface area contributed by atoms with E-state index in [9.17, 15) is 9.18 Å². The summed E-state index contributed by atoms with van der Waals surface area (Å²) in [4.78, 5) is 10.9. The van der Waals surface area contributed by atoms with E-state index in [1.807, 2.05) is 0 Å². The van der Waals surface area contributed by atoms with Crippen LogP contribution < -0.4 is 0 Å². The Bertz CT molecular complexity index is 548. The molecule has 0 aromatic carbocycles. The molecule has 4 saturated carbocycles. The van der Waals surface area contributed by atoms with Gasteiger partial charge in [-0.2, -0.15) is 0 Å². The summed E-state index contributed by atoms with van der Waals surface area (Å²) < 4.78 is 14.3. The normalized spacial score (nSPS) is 50.6. The average molecular weight is 365 g/mol. The fourth-order valence-electron chi connectivity index (χ4n) is 8.37. The van der Waals surface area contributed by atoms with E-state index in [0.29, 0.717) is 17.8 Å². The van der Waals surface area contributed by atoms with Crippen molar-refractivity contribution in [1.29, 1.82) is 0 Å². The molecule has 0 aliphatic heterocycles. The van der Waals surface area contributed by atoms with Crippen LogP contribution in [0.2, 0.25) is 0 Å². The lowest BCUT2D eigenvalue weighted by Crippen LogP contribution is -2.53. The first-order valence-corrected chi connectivity index (χ1v) is 11.2. The molecule has 8 unspecified atom stereocenters. The first-order valence-electron chi connectivity index (χ1n) is 11.2. The number of carboxylic acid groups (broad SMARTS) is 1. The minimum absolute atomic E-state index is 0.239. The third-order valence-electron chi connectivity index (χ3n) is 9.69. The standard InChI is InChI=1S/C23H37FO2/c1-22-13-12-20-18(10-7-16-6-9-17(24)14-23(16,20)2)19(22)11-8-15(22)4-3-5-21(25)26/h15-20H,3-14H2,1-2H3,(H,25,26). The minimum atomic E-state index is -0.655. The first kappa shape index (κ1) is 18.7. The van der Waals surface area contributed by atoms with Crippen molar-refractivity contribution in [2.75, 3.05) is 0 Å². The Labute approximate surface area is 158 Å². The van der Waals surface area contributed by atoms with E-state index in [2.05, 4.69) is 13.8 Å². The van der Waals surface area contributed by atoms with E-state index in [0.717, 1.165) is 55.8 Å². The molecule has 0 aromatic heterocycles. The molecule has 3 heteroatoms. The summed E-state index contributed by atoms with van der Waals surface area (Å²) in [5.41, 5.74) is 0.649. The molecule has 0 radical (unpaired) electrons. The summed E-state index contributed by atoms with van der Waals surface area (Å²) in [7, 11) is 0. The Hall–Kier alpha value is -0.600. The van der Waals surface area contributed by atoms with Crippen LogP contribution in [0.15, 0.2) is 0 Å². The maximum absolute atomic E-state index is 14.3. The topological polar surface area (TPSA) is 37.3 Å². The number of alkyl halides is 1. The summed E-state index contributed by atoms with van der Waals surface area (Å²) in [6.45, 7) is 4.95. The fourth-order valence-corrected chi connectivity index (χ4v) is 8.37. The van der Waals surface area contributed by atoms with Crippen LogP contribution in [0.3, 0.4) is 0 Å². The molecular formula is C23H37FO2. The van der Waals surface area contributed by atoms with Crippen LogP contribution in [0, 0.1) is 40.4 Å². The van der Waals surface area contributed by atoms with Gasteiger partial charge in [0, 0.05) is 6.42 Å². The molecule has 4 fully saturated rings. The van der Waals surface area contributed by atoms with Crippen molar-refractivity contribution in [3.8, 4) is 0 Å². The van der Waals surface area contributed by atoms with Gasteiger partial charge in [0.15, 0.2) is 0 Å². The number of hydrogen-bond donors (Lipinski definition) is 1. The van der Waals surface area contributed by atoms with Gasteiger partial charge in [0.05, 0.1) is 0 Å². The van der Waals surface area contributed by atoms with Crippen molar-refractivity contribution >= 4 is 5.97 Å². The van der Waals surface area contributed by atoms with Crippen molar-refractivity contribution in [1.82, 2.24) is 0 Å². The molecule has 4 rings (SSSR count). The molecule has 0 heterocycles. The Morgan fingerprint density at radius 3 is 2.50 bits per heavy atom. The molecule has 26 heavy (non-hydrogen) atoms. The maximum Gasteiger partial charge on any atom is 0.303 e. The molecule has 4 aliphatic carbocycles. The van der Waals surface area contributed by atoms with Gasteiger partial charge in [-0.25, -0.2) is 4.39 Å². The Kier molecular flexibility index (Phi) is 4.89. The number of rotatable bonds is 4. The van der Waals surface area contributed by atoms with Crippen molar-refractivity contribution in [3.63, 3.8) is 0 Å². The van der Waals surface area contributed by atoms with Crippen LogP contribution >= 0.6 is 0 Å². The average Bonchev–Trinajstić information content (AvgIpc) is 2.90. The number of hydrogen-bond acceptors (Lipinski definition) is 1. The molecule has 1 N–H and O–H groups in total. The predicted molar refractivity (Wildman–Crippen MR) is 102 cm³/mol. The Morgan fingerprint density at radius 1 is 1.00 bits per heavy atom. The zero-order valence-corrected chi connectivity index (χ0v) is 16.7. The molecule has 0 amide bonds. The summed E-state index contributed by atoms with van der Waals surface area (Å²) in [6, 6.07) is 0. The highest BCUT2D eigenvalue weighted by atomic mass is 19.1. The smallest absolute Gasteiger partial charge is 0.303 e. The van der Waals surface area contributed by atoms with Gasteiger partial charge in [-0.05, 0) is 111 Å². The monoisotopic (exact) mass is 364 g/mol. The lowest BCUT2D eigenvalue weighted by Gasteiger charge is -2.61. The van der Waals surface area contributed by atoms with Crippen molar-refractivity contribution in [2.45, 2.75) is 97.1 Å². The largest absolute Gasteiger partial charge is 0.481 e. The quantitative estimate of drug-likeness (QED) is 0.641. The van der Waals surface area contributed by atoms with Gasteiger partial charge in [0.25, 0.3) is 0 Å². The second-order valence-corrected chi connectivity index (χ2v) is 10.6. The number of aliphatic carboxylic acids is 1. The number of carbonyl (C=O) groups is 1. The van der Waals surface area contributed by atoms with Gasteiger partial charge >= 0.3 is 5.97 Å². The molecular weight excluding hydrogens is 327 g/mol. The van der Waals surface area contributed by atoms with Crippen LogP contribution in [0.1, 0.15) is 90.9 Å². The van der Waals surface area contributed by atoms with E-state index in [1.54, 1.807) is 0 Å². The lowest BCUT2D eigenvalue weighted by molar-refractivity contribution is -0.137. The van der Waals surface area contributed by atoms with E-state index in [4.69, 9.17) is 5.11 Å². The van der Waals surface area contributed by atoms with Gasteiger partial charge in [-0.3, -0.25) is 4.79 Å². The third kappa shape index (κ3) is 2.92. The van der Waals surface area contributed by atoms with Crippen molar-refractivity contribution in [3.05, 3.63) is 0 Å². The van der Waals surface area contributed by atoms with E-state index in [1.165, 1.54) is 38.5 Å². The summed E-state index contributed by atoms with van der Waals surface area (Å²) in [5, 5.41) is 8.97. The second kappa shape index (κ2) is 6.78. The van der Waals surface area contributed by atoms with Crippen molar-refractivity contribution < 1.29 is 14.3 Å². The van der Waals surface area contributed by atoms with E-state index >= 15 is 0 Å². The van der Waals surface area contributed by atoms with E-state index < -0.39 is 12.1 Å². The highest BCUT2D eigenvalue weighted by Crippen LogP contribution is 2.68. The zero-order valence-electron chi connectivity index (χ0n) is 16.7. The minimum Gasteiger partial charge on any atom is -0.481 e. The lowest BCUT2D eigenvalue weighted by atomic mass is 9.44. The van der Waals surface area contributed by atoms with Crippen LogP contribution in [-0.4, -0.2) is 17.2 Å². The first-order chi connectivity index (χ1) is 12.3. The molecule has 4 aliphatic rings. The van der Waals surface area contributed by atoms with Gasteiger partial charge < -0.3 is 5.11 Å². The molecule has 148 valence electrons. The van der Waals surface area contributed by atoms with Crippen LogP contribution in [0.5, 0.6) is 0 Å². The van der Waals surface area contributed by atoms with Crippen molar-refractivity contribution in [2.24, 2.45) is 40.4 Å². The molecule has 8 atom stereocenters. The molecule has 2 nitrogen and oxygen atoms in total. The molecule has 0 bridgehead atoms. The van der Waals surface area contributed by atoms with Gasteiger partial charge in [-0.15, -0.1) is 0 Å². The molecule has 0 spiro atoms.